The SMILES string of the molecule is CC(C)C(=O)Nc1nn2c(-c3ccco3)nnc2s1. The van der Waals surface area contributed by atoms with Gasteiger partial charge in [-0.3, -0.25) is 4.79 Å². The molecule has 0 fully saturated rings. The number of aromatic nitrogens is 4. The number of anilines is 1. The van der Waals surface area contributed by atoms with Crippen LogP contribution in [0, 0.1) is 5.92 Å². The lowest BCUT2D eigenvalue weighted by atomic mass is 10.2. The Morgan fingerprint density at radius 1 is 1.47 bits per heavy atom. The van der Waals surface area contributed by atoms with Gasteiger partial charge in [0, 0.05) is 5.92 Å². The Bertz CT molecular complexity index is 713. The first kappa shape index (κ1) is 11.8. The van der Waals surface area contributed by atoms with Crippen LogP contribution in [-0.4, -0.2) is 25.7 Å². The van der Waals surface area contributed by atoms with Crippen LogP contribution >= 0.6 is 11.3 Å². The van der Waals surface area contributed by atoms with Crippen molar-refractivity contribution < 1.29 is 9.21 Å². The molecular formula is C11H11N5O2S. The number of hydrogen-bond donors (Lipinski definition) is 1. The van der Waals surface area contributed by atoms with Gasteiger partial charge in [0.2, 0.25) is 21.8 Å². The molecule has 0 radical (unpaired) electrons. The Morgan fingerprint density at radius 2 is 2.32 bits per heavy atom. The molecule has 0 spiro atoms. The number of fused-ring (bicyclic) bond motifs is 1. The molecule has 0 aliphatic heterocycles. The van der Waals surface area contributed by atoms with Gasteiger partial charge in [-0.05, 0) is 12.1 Å². The van der Waals surface area contributed by atoms with E-state index in [9.17, 15) is 4.79 Å². The van der Waals surface area contributed by atoms with Crippen LogP contribution < -0.4 is 5.32 Å². The molecule has 1 amide bonds. The molecule has 8 heteroatoms. The predicted molar refractivity (Wildman–Crippen MR) is 69.8 cm³/mol. The molecule has 0 unspecified atom stereocenters. The smallest absolute Gasteiger partial charge is 0.236 e. The third kappa shape index (κ3) is 2.10. The summed E-state index contributed by atoms with van der Waals surface area (Å²) >= 11 is 1.27. The minimum absolute atomic E-state index is 0.0792. The molecule has 3 rings (SSSR count). The van der Waals surface area contributed by atoms with Crippen LogP contribution in [0.2, 0.25) is 0 Å². The lowest BCUT2D eigenvalue weighted by Gasteiger charge is -2.02. The zero-order chi connectivity index (χ0) is 13.4. The van der Waals surface area contributed by atoms with Gasteiger partial charge in [0.15, 0.2) is 5.76 Å². The van der Waals surface area contributed by atoms with Gasteiger partial charge in [0.1, 0.15) is 0 Å². The van der Waals surface area contributed by atoms with Crippen LogP contribution in [0.15, 0.2) is 22.8 Å². The number of hydrogen-bond acceptors (Lipinski definition) is 6. The van der Waals surface area contributed by atoms with E-state index in [2.05, 4.69) is 20.6 Å². The predicted octanol–water partition coefficient (Wildman–Crippen LogP) is 2.04. The number of carbonyl (C=O) groups is 1. The van der Waals surface area contributed by atoms with Gasteiger partial charge in [-0.1, -0.05) is 25.2 Å². The number of nitrogens with one attached hydrogen (secondary N) is 1. The normalized spacial score (nSPS) is 11.3. The van der Waals surface area contributed by atoms with Crippen LogP contribution in [-0.2, 0) is 4.79 Å². The molecule has 3 aromatic heterocycles. The summed E-state index contributed by atoms with van der Waals surface area (Å²) in [6, 6.07) is 3.55. The molecule has 0 saturated carbocycles. The Hall–Kier alpha value is -2.22. The summed E-state index contributed by atoms with van der Waals surface area (Å²) in [6.45, 7) is 3.65. The lowest BCUT2D eigenvalue weighted by molar-refractivity contribution is -0.118. The Morgan fingerprint density at radius 3 is 3.00 bits per heavy atom. The second-order valence-corrected chi connectivity index (χ2v) is 5.20. The van der Waals surface area contributed by atoms with Gasteiger partial charge < -0.3 is 9.73 Å². The quantitative estimate of drug-likeness (QED) is 0.791. The molecule has 0 aliphatic rings. The fraction of sp³-hybridized carbons (Fsp3) is 0.273. The molecule has 1 N–H and O–H groups in total. The van der Waals surface area contributed by atoms with Crippen LogP contribution in [0.1, 0.15) is 13.8 Å². The number of rotatable bonds is 3. The summed E-state index contributed by atoms with van der Waals surface area (Å²) in [6.07, 6.45) is 1.56. The zero-order valence-corrected chi connectivity index (χ0v) is 11.1. The average Bonchev–Trinajstić information content (AvgIpc) is 3.02. The van der Waals surface area contributed by atoms with Gasteiger partial charge >= 0.3 is 0 Å². The lowest BCUT2D eigenvalue weighted by Crippen LogP contribution is -2.17. The fourth-order valence-electron chi connectivity index (χ4n) is 1.48. The van der Waals surface area contributed by atoms with Crippen molar-refractivity contribution in [3.05, 3.63) is 18.4 Å². The summed E-state index contributed by atoms with van der Waals surface area (Å²) in [7, 11) is 0. The highest BCUT2D eigenvalue weighted by Gasteiger charge is 2.17. The number of nitrogens with zero attached hydrogens (tertiary/aromatic N) is 4. The largest absolute Gasteiger partial charge is 0.461 e. The fourth-order valence-corrected chi connectivity index (χ4v) is 2.22. The second kappa shape index (κ2) is 4.47. The number of furan rings is 1. The van der Waals surface area contributed by atoms with Gasteiger partial charge in [-0.25, -0.2) is 0 Å². The van der Waals surface area contributed by atoms with Crippen molar-refractivity contribution in [2.24, 2.45) is 5.92 Å². The third-order valence-corrected chi connectivity index (χ3v) is 3.30. The molecule has 0 saturated heterocycles. The maximum atomic E-state index is 11.6. The first-order chi connectivity index (χ1) is 9.15. The monoisotopic (exact) mass is 277 g/mol. The van der Waals surface area contributed by atoms with Crippen molar-refractivity contribution in [2.75, 3.05) is 5.32 Å². The molecule has 0 bridgehead atoms. The molecule has 3 aromatic rings. The van der Waals surface area contributed by atoms with E-state index in [4.69, 9.17) is 4.42 Å². The summed E-state index contributed by atoms with van der Waals surface area (Å²) < 4.78 is 6.82. The van der Waals surface area contributed by atoms with E-state index < -0.39 is 0 Å². The summed E-state index contributed by atoms with van der Waals surface area (Å²) in [5.74, 6) is 0.921. The first-order valence-corrected chi connectivity index (χ1v) is 6.54. The molecule has 98 valence electrons. The molecule has 0 aromatic carbocycles. The van der Waals surface area contributed by atoms with Crippen molar-refractivity contribution in [1.82, 2.24) is 19.8 Å². The molecular weight excluding hydrogens is 266 g/mol. The average molecular weight is 277 g/mol. The van der Waals surface area contributed by atoms with Gasteiger partial charge in [0.25, 0.3) is 0 Å². The van der Waals surface area contributed by atoms with Gasteiger partial charge in [0.05, 0.1) is 6.26 Å². The van der Waals surface area contributed by atoms with Crippen LogP contribution in [0.3, 0.4) is 0 Å². The summed E-state index contributed by atoms with van der Waals surface area (Å²) in [5, 5.41) is 15.5. The van der Waals surface area contributed by atoms with Crippen molar-refractivity contribution in [3.63, 3.8) is 0 Å². The van der Waals surface area contributed by atoms with Crippen LogP contribution in [0.5, 0.6) is 0 Å². The van der Waals surface area contributed by atoms with E-state index >= 15 is 0 Å². The van der Waals surface area contributed by atoms with Crippen LogP contribution in [0.4, 0.5) is 5.13 Å². The first-order valence-electron chi connectivity index (χ1n) is 5.72. The molecule has 19 heavy (non-hydrogen) atoms. The molecule has 0 atom stereocenters. The highest BCUT2D eigenvalue weighted by Crippen LogP contribution is 2.24. The van der Waals surface area contributed by atoms with Crippen molar-refractivity contribution in [1.29, 1.82) is 0 Å². The van der Waals surface area contributed by atoms with E-state index in [0.29, 0.717) is 21.7 Å². The highest BCUT2D eigenvalue weighted by molar-refractivity contribution is 7.20. The van der Waals surface area contributed by atoms with Crippen molar-refractivity contribution in [2.45, 2.75) is 13.8 Å². The minimum atomic E-state index is -0.0982. The third-order valence-electron chi connectivity index (χ3n) is 2.49. The summed E-state index contributed by atoms with van der Waals surface area (Å²) in [4.78, 5) is 12.2. The minimum Gasteiger partial charge on any atom is -0.461 e. The van der Waals surface area contributed by atoms with Crippen molar-refractivity contribution in [3.8, 4) is 11.6 Å². The van der Waals surface area contributed by atoms with E-state index in [-0.39, 0.29) is 11.8 Å². The van der Waals surface area contributed by atoms with Gasteiger partial charge in [-0.2, -0.15) is 4.52 Å². The molecule has 0 aliphatic carbocycles. The zero-order valence-electron chi connectivity index (χ0n) is 10.3. The van der Waals surface area contributed by atoms with E-state index in [0.717, 1.165) is 0 Å². The summed E-state index contributed by atoms with van der Waals surface area (Å²) in [5.41, 5.74) is 0. The van der Waals surface area contributed by atoms with E-state index in [1.54, 1.807) is 22.9 Å². The van der Waals surface area contributed by atoms with E-state index in [1.165, 1.54) is 11.3 Å². The maximum absolute atomic E-state index is 11.6. The number of carbonyl (C=O) groups excluding carboxylic acids is 1. The van der Waals surface area contributed by atoms with Crippen molar-refractivity contribution >= 4 is 27.3 Å². The van der Waals surface area contributed by atoms with E-state index in [1.807, 2.05) is 13.8 Å². The standard InChI is InChI=1S/C11H11N5O2S/c1-6(2)9(17)12-10-15-16-8(7-4-3-5-18-7)13-14-11(16)19-10/h3-6H,1-2H3,(H,12,15,17). The molecule has 7 nitrogen and oxygen atoms in total. The number of amides is 1. The van der Waals surface area contributed by atoms with Gasteiger partial charge in [-0.15, -0.1) is 15.3 Å². The Kier molecular flexibility index (Phi) is 2.79. The maximum Gasteiger partial charge on any atom is 0.236 e. The second-order valence-electron chi connectivity index (χ2n) is 4.25. The Labute approximate surface area is 112 Å². The molecule has 3 heterocycles. The van der Waals surface area contributed by atoms with Crippen LogP contribution in [0.25, 0.3) is 16.5 Å². The highest BCUT2D eigenvalue weighted by atomic mass is 32.1. The topological polar surface area (TPSA) is 85.3 Å². The Balaban J connectivity index is 1.96.